The SMILES string of the molecule is C1=CC2CCC1c1c3[nH]c(c12)C=c1[nH]c(c2c1C1C=CC2CC1)=Cc1[nH]c(c2c1C1C=CC2CC1)C=C1NC(=C3)C2C3C=CC(CC3)C12. The van der Waals surface area contributed by atoms with Crippen LogP contribution >= 0.6 is 0 Å². The Kier molecular flexibility index (Phi) is 4.77. The van der Waals surface area contributed by atoms with Crippen LogP contribution in [0.4, 0.5) is 0 Å². The third-order valence-corrected chi connectivity index (χ3v) is 14.7. The number of aromatic nitrogens is 3. The Morgan fingerprint density at radius 1 is 0.354 bits per heavy atom. The van der Waals surface area contributed by atoms with Crippen molar-refractivity contribution in [1.29, 1.82) is 0 Å². The maximum atomic E-state index is 4.15. The molecule has 16 bridgehead atoms. The van der Waals surface area contributed by atoms with E-state index in [1.807, 2.05) is 0 Å². The molecule has 0 spiro atoms. The van der Waals surface area contributed by atoms with Gasteiger partial charge in [0, 0.05) is 92.2 Å². The second kappa shape index (κ2) is 8.88. The van der Waals surface area contributed by atoms with Gasteiger partial charge < -0.3 is 20.3 Å². The van der Waals surface area contributed by atoms with Gasteiger partial charge in [-0.05, 0) is 121 Å². The Morgan fingerprint density at radius 2 is 0.708 bits per heavy atom. The number of rotatable bonds is 0. The second-order valence-electron chi connectivity index (χ2n) is 16.8. The van der Waals surface area contributed by atoms with Gasteiger partial charge in [0.15, 0.2) is 0 Å². The summed E-state index contributed by atoms with van der Waals surface area (Å²) in [5, 5.41) is 6.81. The molecule has 2 aliphatic heterocycles. The zero-order valence-corrected chi connectivity index (χ0v) is 27.4. The van der Waals surface area contributed by atoms with Crippen molar-refractivity contribution in [2.75, 3.05) is 0 Å². The molecule has 4 nitrogen and oxygen atoms in total. The van der Waals surface area contributed by atoms with Crippen molar-refractivity contribution in [3.8, 4) is 0 Å². The van der Waals surface area contributed by atoms with Gasteiger partial charge in [-0.3, -0.25) is 0 Å². The Bertz CT molecular complexity index is 2150. The number of hydrogen-bond acceptors (Lipinski definition) is 1. The van der Waals surface area contributed by atoms with Crippen LogP contribution in [0.5, 0.6) is 0 Å². The lowest BCUT2D eigenvalue weighted by molar-refractivity contribution is 0.199. The molecule has 2 fully saturated rings. The van der Waals surface area contributed by atoms with E-state index in [1.165, 1.54) is 96.2 Å². The standard InChI is InChI=1S/C44H42N4/c1-2-22-4-3-21(1)37-29-17-31-39-23-5-7-25(8-6-23)41(39)33(46-31)19-35-43-27-13-15-28(16-14-27)44(43)36(48-35)20-34-42-26-11-9-24(10-12-26)40(42)32(47-34)18-30(45-29)38(22)37/h1-2,5,7,9,11,13,15,17-28,37-38,45-48H,3-4,6,8,10,12,14,16H2. The van der Waals surface area contributed by atoms with E-state index in [-0.39, 0.29) is 0 Å². The molecule has 14 aliphatic rings. The molecule has 0 amide bonds. The van der Waals surface area contributed by atoms with Gasteiger partial charge in [-0.2, -0.15) is 0 Å². The quantitative estimate of drug-likeness (QED) is 0.188. The third kappa shape index (κ3) is 3.19. The third-order valence-electron chi connectivity index (χ3n) is 14.7. The van der Waals surface area contributed by atoms with Crippen LogP contribution in [0, 0.1) is 23.7 Å². The van der Waals surface area contributed by atoms with Gasteiger partial charge in [0.05, 0.1) is 0 Å². The average molecular weight is 627 g/mol. The minimum absolute atomic E-state index is 0.504. The van der Waals surface area contributed by atoms with Crippen molar-refractivity contribution >= 4 is 24.3 Å². The predicted molar refractivity (Wildman–Crippen MR) is 192 cm³/mol. The molecule has 3 aromatic heterocycles. The number of nitrogens with one attached hydrogen (secondary N) is 4. The molecule has 10 unspecified atom stereocenters. The molecule has 48 heavy (non-hydrogen) atoms. The number of allylic oxidation sites excluding steroid dienone is 10. The lowest BCUT2D eigenvalue weighted by atomic mass is 9.62. The molecule has 4 N–H and O–H groups in total. The summed E-state index contributed by atoms with van der Waals surface area (Å²) in [6.07, 6.45) is 40.6. The van der Waals surface area contributed by atoms with Crippen LogP contribution in [0.15, 0.2) is 60.0 Å². The smallest absolute Gasteiger partial charge is 0.0447 e. The number of fused-ring (bicyclic) bond motifs is 12. The summed E-state index contributed by atoms with van der Waals surface area (Å²) in [7, 11) is 0. The van der Waals surface area contributed by atoms with Crippen molar-refractivity contribution in [3.05, 3.63) is 127 Å². The first-order chi connectivity index (χ1) is 23.7. The molecule has 12 aliphatic carbocycles. The van der Waals surface area contributed by atoms with Gasteiger partial charge in [-0.15, -0.1) is 0 Å². The molecular formula is C44H42N4. The molecule has 1 saturated carbocycles. The molecule has 0 aromatic carbocycles. The van der Waals surface area contributed by atoms with Crippen molar-refractivity contribution in [2.45, 2.75) is 86.9 Å². The van der Waals surface area contributed by atoms with Crippen molar-refractivity contribution in [3.63, 3.8) is 0 Å². The Hall–Kier alpha value is -4.18. The van der Waals surface area contributed by atoms with Crippen LogP contribution < -0.4 is 16.0 Å². The maximum Gasteiger partial charge on any atom is 0.0447 e. The lowest BCUT2D eigenvalue weighted by Gasteiger charge is -2.41. The van der Waals surface area contributed by atoms with E-state index in [0.717, 1.165) is 0 Å². The zero-order valence-electron chi connectivity index (χ0n) is 27.4. The largest absolute Gasteiger partial charge is 0.362 e. The van der Waals surface area contributed by atoms with E-state index >= 15 is 0 Å². The lowest BCUT2D eigenvalue weighted by Crippen LogP contribution is -2.34. The minimum atomic E-state index is 0.504. The first-order valence-corrected chi connectivity index (χ1v) is 19.1. The van der Waals surface area contributed by atoms with Crippen LogP contribution in [-0.2, 0) is 0 Å². The predicted octanol–water partition coefficient (Wildman–Crippen LogP) is 8.05. The van der Waals surface area contributed by atoms with Gasteiger partial charge in [0.2, 0.25) is 0 Å². The van der Waals surface area contributed by atoms with Gasteiger partial charge in [-0.1, -0.05) is 48.6 Å². The van der Waals surface area contributed by atoms with Crippen molar-refractivity contribution in [1.82, 2.24) is 20.3 Å². The van der Waals surface area contributed by atoms with Crippen molar-refractivity contribution < 1.29 is 0 Å². The average Bonchev–Trinajstić information content (AvgIpc) is 3.92. The monoisotopic (exact) mass is 626 g/mol. The van der Waals surface area contributed by atoms with Gasteiger partial charge in [0.1, 0.15) is 0 Å². The highest BCUT2D eigenvalue weighted by atomic mass is 15.0. The fraction of sp³-hybridized carbons (Fsp3) is 0.409. The molecule has 238 valence electrons. The number of hydrogen-bond donors (Lipinski definition) is 4. The van der Waals surface area contributed by atoms with E-state index in [0.29, 0.717) is 59.2 Å². The summed E-state index contributed by atoms with van der Waals surface area (Å²) in [5.41, 5.74) is 17.6. The second-order valence-corrected chi connectivity index (χ2v) is 16.8. The zero-order chi connectivity index (χ0) is 30.8. The number of H-pyrrole nitrogens is 3. The summed E-state index contributed by atoms with van der Waals surface area (Å²) >= 11 is 0. The molecule has 17 rings (SSSR count). The van der Waals surface area contributed by atoms with Crippen LogP contribution in [0.2, 0.25) is 0 Å². The fourth-order valence-corrected chi connectivity index (χ4v) is 12.7. The van der Waals surface area contributed by atoms with E-state index in [2.05, 4.69) is 93.2 Å². The van der Waals surface area contributed by atoms with E-state index < -0.39 is 0 Å². The summed E-state index contributed by atoms with van der Waals surface area (Å²) in [6.45, 7) is 0. The highest BCUT2D eigenvalue weighted by Gasteiger charge is 2.49. The summed E-state index contributed by atoms with van der Waals surface area (Å²) in [5.74, 6) is 5.36. The Morgan fingerprint density at radius 3 is 1.06 bits per heavy atom. The Balaban J connectivity index is 1.14. The molecule has 5 heterocycles. The molecule has 0 radical (unpaired) electrons. The number of aromatic amines is 3. The van der Waals surface area contributed by atoms with Gasteiger partial charge in [0.25, 0.3) is 0 Å². The summed E-state index contributed by atoms with van der Waals surface area (Å²) < 4.78 is 0. The van der Waals surface area contributed by atoms with E-state index in [4.69, 9.17) is 0 Å². The molecule has 10 atom stereocenters. The molecule has 3 aromatic rings. The first kappa shape index (κ1) is 25.8. The van der Waals surface area contributed by atoms with Gasteiger partial charge in [-0.25, -0.2) is 0 Å². The van der Waals surface area contributed by atoms with Crippen LogP contribution in [0.1, 0.15) is 143 Å². The maximum absolute atomic E-state index is 4.15. The Labute approximate surface area is 281 Å². The van der Waals surface area contributed by atoms with Gasteiger partial charge >= 0.3 is 0 Å². The highest BCUT2D eigenvalue weighted by Crippen LogP contribution is 2.56. The van der Waals surface area contributed by atoms with Crippen molar-refractivity contribution in [2.24, 2.45) is 23.7 Å². The summed E-state index contributed by atoms with van der Waals surface area (Å²) in [4.78, 5) is 12.3. The van der Waals surface area contributed by atoms with Crippen LogP contribution in [0.3, 0.4) is 0 Å². The van der Waals surface area contributed by atoms with E-state index in [9.17, 15) is 0 Å². The molecular weight excluding hydrogens is 585 g/mol. The minimum Gasteiger partial charge on any atom is -0.362 e. The molecule has 4 heteroatoms. The summed E-state index contributed by atoms with van der Waals surface area (Å²) in [6, 6.07) is 0. The van der Waals surface area contributed by atoms with Crippen LogP contribution in [-0.4, -0.2) is 15.0 Å². The molecule has 1 saturated heterocycles. The highest BCUT2D eigenvalue weighted by molar-refractivity contribution is 5.73. The topological polar surface area (TPSA) is 59.4 Å². The normalized spacial score (nSPS) is 37.3. The fourth-order valence-electron chi connectivity index (χ4n) is 12.7. The van der Waals surface area contributed by atoms with E-state index in [1.54, 1.807) is 33.4 Å². The van der Waals surface area contributed by atoms with Crippen LogP contribution in [0.25, 0.3) is 24.3 Å². The first-order valence-electron chi connectivity index (χ1n) is 19.1.